The standard InChI is InChI=1S/C9H15NO2/c1-12-9(11)8-6-2-3-7(8)5-10-4-6/h6-8,10H,2-5H2,1H3/t6-,7+,8?. The van der Waals surface area contributed by atoms with Crippen LogP contribution in [-0.4, -0.2) is 26.2 Å². The van der Waals surface area contributed by atoms with E-state index < -0.39 is 0 Å². The number of ether oxygens (including phenoxy) is 1. The Kier molecular flexibility index (Phi) is 2.05. The molecule has 2 fully saturated rings. The van der Waals surface area contributed by atoms with Gasteiger partial charge in [-0.1, -0.05) is 0 Å². The molecule has 1 aliphatic heterocycles. The second-order valence-corrected chi connectivity index (χ2v) is 3.80. The van der Waals surface area contributed by atoms with E-state index in [9.17, 15) is 4.79 Å². The molecule has 0 aromatic heterocycles. The van der Waals surface area contributed by atoms with Crippen LogP contribution in [-0.2, 0) is 9.53 Å². The predicted molar refractivity (Wildman–Crippen MR) is 44.6 cm³/mol. The predicted octanol–water partition coefficient (Wildman–Crippen LogP) is 0.405. The van der Waals surface area contributed by atoms with E-state index in [1.807, 2.05) is 0 Å². The average Bonchev–Trinajstić information content (AvgIpc) is 2.35. The molecule has 0 aromatic rings. The van der Waals surface area contributed by atoms with Crippen molar-refractivity contribution in [2.45, 2.75) is 12.8 Å². The molecule has 68 valence electrons. The molecule has 1 saturated heterocycles. The van der Waals surface area contributed by atoms with Gasteiger partial charge in [-0.25, -0.2) is 0 Å². The summed E-state index contributed by atoms with van der Waals surface area (Å²) < 4.78 is 4.80. The first-order valence-corrected chi connectivity index (χ1v) is 4.61. The van der Waals surface area contributed by atoms with Gasteiger partial charge in [0.2, 0.25) is 0 Å². The van der Waals surface area contributed by atoms with Crippen molar-refractivity contribution < 1.29 is 9.53 Å². The highest BCUT2D eigenvalue weighted by molar-refractivity contribution is 5.73. The van der Waals surface area contributed by atoms with Gasteiger partial charge in [-0.2, -0.15) is 0 Å². The molecule has 2 bridgehead atoms. The van der Waals surface area contributed by atoms with Crippen LogP contribution in [0, 0.1) is 17.8 Å². The van der Waals surface area contributed by atoms with Gasteiger partial charge >= 0.3 is 5.97 Å². The van der Waals surface area contributed by atoms with Crippen molar-refractivity contribution in [2.75, 3.05) is 20.2 Å². The van der Waals surface area contributed by atoms with E-state index in [0.29, 0.717) is 11.8 Å². The SMILES string of the molecule is COC(=O)C1[C@@H]2CC[C@H]1CNC2. The third-order valence-electron chi connectivity index (χ3n) is 3.21. The molecule has 2 aliphatic rings. The summed E-state index contributed by atoms with van der Waals surface area (Å²) in [5.41, 5.74) is 0. The number of methoxy groups -OCH3 is 1. The molecule has 0 aromatic carbocycles. The number of hydrogen-bond acceptors (Lipinski definition) is 3. The van der Waals surface area contributed by atoms with Crippen LogP contribution >= 0.6 is 0 Å². The topological polar surface area (TPSA) is 38.3 Å². The molecule has 3 heteroatoms. The van der Waals surface area contributed by atoms with Gasteiger partial charge in [0, 0.05) is 0 Å². The number of fused-ring (bicyclic) bond motifs is 2. The van der Waals surface area contributed by atoms with Gasteiger partial charge in [0.1, 0.15) is 0 Å². The van der Waals surface area contributed by atoms with Gasteiger partial charge < -0.3 is 10.1 Å². The van der Waals surface area contributed by atoms with Gasteiger partial charge in [-0.3, -0.25) is 4.79 Å². The molecule has 1 saturated carbocycles. The lowest BCUT2D eigenvalue weighted by molar-refractivity contribution is -0.148. The van der Waals surface area contributed by atoms with Crippen LogP contribution in [0.1, 0.15) is 12.8 Å². The molecule has 3 nitrogen and oxygen atoms in total. The zero-order valence-electron chi connectivity index (χ0n) is 7.38. The fourth-order valence-corrected chi connectivity index (χ4v) is 2.61. The number of rotatable bonds is 1. The number of carbonyl (C=O) groups is 1. The Morgan fingerprint density at radius 1 is 1.33 bits per heavy atom. The summed E-state index contributed by atoms with van der Waals surface area (Å²) >= 11 is 0. The van der Waals surface area contributed by atoms with E-state index in [1.54, 1.807) is 0 Å². The lowest BCUT2D eigenvalue weighted by Gasteiger charge is -2.28. The fourth-order valence-electron chi connectivity index (χ4n) is 2.61. The molecule has 1 unspecified atom stereocenters. The fraction of sp³-hybridized carbons (Fsp3) is 0.889. The van der Waals surface area contributed by atoms with Crippen LogP contribution in [0.5, 0.6) is 0 Å². The van der Waals surface area contributed by atoms with Crippen molar-refractivity contribution in [3.05, 3.63) is 0 Å². The number of esters is 1. The minimum Gasteiger partial charge on any atom is -0.469 e. The molecule has 1 heterocycles. The van der Waals surface area contributed by atoms with Crippen molar-refractivity contribution in [1.82, 2.24) is 5.32 Å². The van der Waals surface area contributed by atoms with Crippen molar-refractivity contribution in [2.24, 2.45) is 17.8 Å². The Morgan fingerprint density at radius 2 is 1.92 bits per heavy atom. The summed E-state index contributed by atoms with van der Waals surface area (Å²) in [7, 11) is 1.49. The van der Waals surface area contributed by atoms with Crippen LogP contribution in [0.15, 0.2) is 0 Å². The lowest BCUT2D eigenvalue weighted by Crippen LogP contribution is -2.42. The van der Waals surface area contributed by atoms with Crippen molar-refractivity contribution >= 4 is 5.97 Å². The molecule has 0 spiro atoms. The zero-order chi connectivity index (χ0) is 8.55. The average molecular weight is 169 g/mol. The summed E-state index contributed by atoms with van der Waals surface area (Å²) in [5, 5.41) is 3.35. The molecule has 12 heavy (non-hydrogen) atoms. The van der Waals surface area contributed by atoms with E-state index in [0.717, 1.165) is 13.1 Å². The van der Waals surface area contributed by atoms with E-state index in [-0.39, 0.29) is 11.9 Å². The van der Waals surface area contributed by atoms with E-state index in [2.05, 4.69) is 5.32 Å². The third kappa shape index (κ3) is 1.12. The Balaban J connectivity index is 2.10. The Morgan fingerprint density at radius 3 is 2.42 bits per heavy atom. The molecule has 0 radical (unpaired) electrons. The van der Waals surface area contributed by atoms with Gasteiger partial charge in [-0.05, 0) is 37.8 Å². The summed E-state index contributed by atoms with van der Waals surface area (Å²) in [4.78, 5) is 11.4. The Labute approximate surface area is 72.5 Å². The maximum atomic E-state index is 11.4. The summed E-state index contributed by atoms with van der Waals surface area (Å²) in [6, 6.07) is 0. The Bertz CT molecular complexity index is 177. The van der Waals surface area contributed by atoms with Gasteiger partial charge in [0.15, 0.2) is 0 Å². The van der Waals surface area contributed by atoms with Crippen LogP contribution in [0.25, 0.3) is 0 Å². The van der Waals surface area contributed by atoms with Gasteiger partial charge in [0.05, 0.1) is 13.0 Å². The molecular weight excluding hydrogens is 154 g/mol. The molecule has 3 atom stereocenters. The maximum Gasteiger partial charge on any atom is 0.309 e. The van der Waals surface area contributed by atoms with Crippen LogP contribution in [0.3, 0.4) is 0 Å². The quantitative estimate of drug-likeness (QED) is 0.578. The monoisotopic (exact) mass is 169 g/mol. The zero-order valence-corrected chi connectivity index (χ0v) is 7.38. The normalized spacial score (nSPS) is 39.6. The first-order valence-electron chi connectivity index (χ1n) is 4.61. The van der Waals surface area contributed by atoms with Crippen LogP contribution in [0.4, 0.5) is 0 Å². The minimum atomic E-state index is 0.00370. The molecule has 2 rings (SSSR count). The first kappa shape index (κ1) is 8.05. The van der Waals surface area contributed by atoms with Gasteiger partial charge in [0.25, 0.3) is 0 Å². The Hall–Kier alpha value is -0.570. The number of hydrogen-bond donors (Lipinski definition) is 1. The maximum absolute atomic E-state index is 11.4. The second kappa shape index (κ2) is 3.05. The second-order valence-electron chi connectivity index (χ2n) is 3.80. The molecule has 0 amide bonds. The lowest BCUT2D eigenvalue weighted by atomic mass is 9.86. The number of nitrogens with one attached hydrogen (secondary N) is 1. The summed E-state index contributed by atoms with van der Waals surface area (Å²) in [5.74, 6) is 1.27. The van der Waals surface area contributed by atoms with Gasteiger partial charge in [-0.15, -0.1) is 0 Å². The smallest absolute Gasteiger partial charge is 0.309 e. The van der Waals surface area contributed by atoms with E-state index in [1.165, 1.54) is 20.0 Å². The molecule has 1 aliphatic carbocycles. The third-order valence-corrected chi connectivity index (χ3v) is 3.21. The van der Waals surface area contributed by atoms with Crippen molar-refractivity contribution in [1.29, 1.82) is 0 Å². The van der Waals surface area contributed by atoms with E-state index in [4.69, 9.17) is 4.74 Å². The van der Waals surface area contributed by atoms with Crippen LogP contribution < -0.4 is 5.32 Å². The first-order chi connectivity index (χ1) is 5.83. The highest BCUT2D eigenvalue weighted by Crippen LogP contribution is 2.39. The highest BCUT2D eigenvalue weighted by Gasteiger charge is 2.43. The highest BCUT2D eigenvalue weighted by atomic mass is 16.5. The van der Waals surface area contributed by atoms with Crippen molar-refractivity contribution in [3.8, 4) is 0 Å². The van der Waals surface area contributed by atoms with Crippen LogP contribution in [0.2, 0.25) is 0 Å². The summed E-state index contributed by atoms with van der Waals surface area (Å²) in [6.07, 6.45) is 2.38. The number of carbonyl (C=O) groups excluding carboxylic acids is 1. The largest absolute Gasteiger partial charge is 0.469 e. The molecular formula is C9H15NO2. The van der Waals surface area contributed by atoms with E-state index >= 15 is 0 Å². The molecule has 1 N–H and O–H groups in total. The minimum absolute atomic E-state index is 0.00370. The van der Waals surface area contributed by atoms with Crippen molar-refractivity contribution in [3.63, 3.8) is 0 Å². The summed E-state index contributed by atoms with van der Waals surface area (Å²) in [6.45, 7) is 1.99. The number of piperidine rings is 1.